The summed E-state index contributed by atoms with van der Waals surface area (Å²) >= 11 is 0. The lowest BCUT2D eigenvalue weighted by Crippen LogP contribution is -2.48. The van der Waals surface area contributed by atoms with Crippen LogP contribution < -0.4 is 5.73 Å². The number of rotatable bonds is 8. The number of unbranched alkanes of at least 4 members (excludes halogenated alkanes) is 1. The first-order chi connectivity index (χ1) is 12.9. The number of aryl methyl sites for hydroxylation is 1. The van der Waals surface area contributed by atoms with E-state index in [1.165, 1.54) is 16.4 Å². The molecule has 1 aliphatic rings. The van der Waals surface area contributed by atoms with E-state index < -0.39 is 15.9 Å². The van der Waals surface area contributed by atoms with Crippen molar-refractivity contribution >= 4 is 15.9 Å². The van der Waals surface area contributed by atoms with Crippen molar-refractivity contribution in [3.05, 3.63) is 29.6 Å². The molecule has 2 aromatic rings. The summed E-state index contributed by atoms with van der Waals surface area (Å²) in [6.45, 7) is 4.27. The Balaban J connectivity index is 1.56. The predicted molar refractivity (Wildman–Crippen MR) is 94.2 cm³/mol. The highest BCUT2D eigenvalue weighted by Gasteiger charge is 2.31. The first kappa shape index (κ1) is 19.5. The lowest BCUT2D eigenvalue weighted by molar-refractivity contribution is 0.0968. The van der Waals surface area contributed by atoms with Gasteiger partial charge in [0, 0.05) is 32.6 Å². The summed E-state index contributed by atoms with van der Waals surface area (Å²) in [6, 6.07) is 2.51. The van der Waals surface area contributed by atoms with Crippen LogP contribution in [0.15, 0.2) is 26.2 Å². The Kier molecular flexibility index (Phi) is 5.92. The minimum Gasteiger partial charge on any atom is -0.438 e. The number of aromatic nitrogens is 2. The third-order valence-electron chi connectivity index (χ3n) is 4.37. The van der Waals surface area contributed by atoms with Gasteiger partial charge in [-0.2, -0.15) is 9.29 Å². The van der Waals surface area contributed by atoms with Crippen LogP contribution in [0.3, 0.4) is 0 Å². The molecule has 148 valence electrons. The highest BCUT2D eigenvalue weighted by Crippen LogP contribution is 2.20. The van der Waals surface area contributed by atoms with Crippen LogP contribution in [-0.4, -0.2) is 59.8 Å². The Morgan fingerprint density at radius 1 is 1.26 bits per heavy atom. The third kappa shape index (κ3) is 4.54. The number of carbonyl (C=O) groups excluding carboxylic acids is 1. The van der Waals surface area contributed by atoms with Crippen molar-refractivity contribution in [1.29, 1.82) is 0 Å². The van der Waals surface area contributed by atoms with Crippen molar-refractivity contribution in [3.8, 4) is 0 Å². The van der Waals surface area contributed by atoms with Gasteiger partial charge in [0.15, 0.2) is 11.6 Å². The van der Waals surface area contributed by atoms with Gasteiger partial charge in [-0.1, -0.05) is 18.5 Å². The number of sulfonamides is 1. The van der Waals surface area contributed by atoms with Crippen LogP contribution in [0.4, 0.5) is 0 Å². The zero-order chi connectivity index (χ0) is 19.4. The van der Waals surface area contributed by atoms with Crippen molar-refractivity contribution in [2.45, 2.75) is 37.8 Å². The van der Waals surface area contributed by atoms with Gasteiger partial charge in [-0.15, -0.1) is 0 Å². The van der Waals surface area contributed by atoms with Crippen LogP contribution in [0.5, 0.6) is 0 Å². The normalized spacial score (nSPS) is 16.6. The van der Waals surface area contributed by atoms with Crippen LogP contribution in [-0.2, 0) is 23.0 Å². The molecule has 27 heavy (non-hydrogen) atoms. The van der Waals surface area contributed by atoms with Crippen molar-refractivity contribution in [1.82, 2.24) is 19.3 Å². The largest absolute Gasteiger partial charge is 0.438 e. The van der Waals surface area contributed by atoms with Gasteiger partial charge >= 0.3 is 0 Å². The van der Waals surface area contributed by atoms with Crippen LogP contribution in [0.1, 0.15) is 42.0 Å². The molecule has 0 spiro atoms. The van der Waals surface area contributed by atoms with Gasteiger partial charge < -0.3 is 14.7 Å². The van der Waals surface area contributed by atoms with Gasteiger partial charge in [0.05, 0.1) is 6.54 Å². The Hall–Kier alpha value is -2.24. The van der Waals surface area contributed by atoms with Crippen molar-refractivity contribution in [3.63, 3.8) is 0 Å². The smallest absolute Gasteiger partial charge is 0.284 e. The second-order valence-corrected chi connectivity index (χ2v) is 8.24. The summed E-state index contributed by atoms with van der Waals surface area (Å²) in [7, 11) is -3.79. The van der Waals surface area contributed by atoms with Gasteiger partial charge in [-0.25, -0.2) is 8.42 Å². The van der Waals surface area contributed by atoms with E-state index in [0.717, 1.165) is 19.3 Å². The molecule has 3 heterocycles. The minimum absolute atomic E-state index is 0.178. The van der Waals surface area contributed by atoms with Crippen molar-refractivity contribution < 1.29 is 22.2 Å². The molecule has 0 aliphatic carbocycles. The second-order valence-electron chi connectivity index (χ2n) is 6.37. The van der Waals surface area contributed by atoms with Crippen LogP contribution in [0, 0.1) is 0 Å². The van der Waals surface area contributed by atoms with Gasteiger partial charge in [0.2, 0.25) is 11.0 Å². The van der Waals surface area contributed by atoms with Crippen LogP contribution in [0.25, 0.3) is 0 Å². The minimum atomic E-state index is -3.79. The summed E-state index contributed by atoms with van der Waals surface area (Å²) in [5.41, 5.74) is 5.10. The molecule has 1 fully saturated rings. The summed E-state index contributed by atoms with van der Waals surface area (Å²) in [6.07, 6.45) is 2.83. The molecule has 0 bridgehead atoms. The molecule has 0 unspecified atom stereocenters. The van der Waals surface area contributed by atoms with E-state index in [2.05, 4.69) is 22.0 Å². The monoisotopic (exact) mass is 397 g/mol. The van der Waals surface area contributed by atoms with E-state index in [4.69, 9.17) is 14.7 Å². The summed E-state index contributed by atoms with van der Waals surface area (Å²) < 4.78 is 36.8. The van der Waals surface area contributed by atoms with E-state index >= 15 is 0 Å². The maximum atomic E-state index is 12.6. The van der Waals surface area contributed by atoms with Crippen LogP contribution in [0.2, 0.25) is 0 Å². The van der Waals surface area contributed by atoms with Crippen LogP contribution >= 0.6 is 0 Å². The molecule has 2 N–H and O–H groups in total. The number of hydrogen-bond donors (Lipinski definition) is 1. The van der Waals surface area contributed by atoms with Crippen molar-refractivity contribution in [2.24, 2.45) is 5.73 Å². The number of piperazine rings is 1. The Bertz CT molecular complexity index is 883. The van der Waals surface area contributed by atoms with E-state index in [1.807, 2.05) is 0 Å². The molecule has 11 heteroatoms. The quantitative estimate of drug-likeness (QED) is 0.684. The average molecular weight is 397 g/mol. The first-order valence-corrected chi connectivity index (χ1v) is 10.3. The molecule has 1 saturated heterocycles. The molecule has 2 aromatic heterocycles. The van der Waals surface area contributed by atoms with Crippen molar-refractivity contribution in [2.75, 3.05) is 26.2 Å². The molecular weight excluding hydrogens is 374 g/mol. The number of amides is 1. The molecule has 0 atom stereocenters. The summed E-state index contributed by atoms with van der Waals surface area (Å²) in [5.74, 6) is 0.258. The highest BCUT2D eigenvalue weighted by atomic mass is 32.2. The van der Waals surface area contributed by atoms with E-state index in [0.29, 0.717) is 44.4 Å². The van der Waals surface area contributed by atoms with Gasteiger partial charge in [-0.05, 0) is 18.6 Å². The number of hydrogen-bond acceptors (Lipinski definition) is 8. The molecule has 1 aliphatic heterocycles. The third-order valence-corrected chi connectivity index (χ3v) is 6.14. The number of furan rings is 1. The Labute approximate surface area is 157 Å². The fourth-order valence-corrected chi connectivity index (χ4v) is 4.16. The number of carbonyl (C=O) groups is 1. The number of primary amides is 1. The molecular formula is C16H23N5O5S. The maximum Gasteiger partial charge on any atom is 0.284 e. The molecule has 3 rings (SSSR count). The summed E-state index contributed by atoms with van der Waals surface area (Å²) in [5, 5.41) is 3.70. The maximum absolute atomic E-state index is 12.6. The standard InChI is InChI=1S/C16H23N5O5S/c1-2-3-4-14-18-13(19-26-14)11-20-7-9-21(10-8-20)27(23,24)15-6-5-12(25-15)16(17)22/h5-6H,2-4,7-11H2,1H3,(H2,17,22). The summed E-state index contributed by atoms with van der Waals surface area (Å²) in [4.78, 5) is 17.5. The first-order valence-electron chi connectivity index (χ1n) is 8.83. The molecule has 1 amide bonds. The molecule has 0 radical (unpaired) electrons. The van der Waals surface area contributed by atoms with E-state index in [-0.39, 0.29) is 10.9 Å². The Morgan fingerprint density at radius 2 is 2.00 bits per heavy atom. The lowest BCUT2D eigenvalue weighted by Gasteiger charge is -2.32. The lowest BCUT2D eigenvalue weighted by atomic mass is 10.2. The second kappa shape index (κ2) is 8.19. The predicted octanol–water partition coefficient (Wildman–Crippen LogP) is 0.611. The fraction of sp³-hybridized carbons (Fsp3) is 0.562. The highest BCUT2D eigenvalue weighted by molar-refractivity contribution is 7.89. The number of nitrogens with zero attached hydrogens (tertiary/aromatic N) is 4. The topological polar surface area (TPSA) is 136 Å². The van der Waals surface area contributed by atoms with E-state index in [1.54, 1.807) is 0 Å². The molecule has 0 saturated carbocycles. The Morgan fingerprint density at radius 3 is 2.63 bits per heavy atom. The SMILES string of the molecule is CCCCc1nc(CN2CCN(S(=O)(=O)c3ccc(C(N)=O)o3)CC2)no1. The average Bonchev–Trinajstić information content (AvgIpc) is 3.30. The molecule has 10 nitrogen and oxygen atoms in total. The van der Waals surface area contributed by atoms with Gasteiger partial charge in [0.1, 0.15) is 0 Å². The van der Waals surface area contributed by atoms with E-state index in [9.17, 15) is 13.2 Å². The zero-order valence-electron chi connectivity index (χ0n) is 15.1. The van der Waals surface area contributed by atoms with Gasteiger partial charge in [-0.3, -0.25) is 9.69 Å². The fourth-order valence-electron chi connectivity index (χ4n) is 2.83. The van der Waals surface area contributed by atoms with Gasteiger partial charge in [0.25, 0.3) is 15.9 Å². The number of nitrogens with two attached hydrogens (primary N) is 1. The zero-order valence-corrected chi connectivity index (χ0v) is 15.9. The molecule has 0 aromatic carbocycles.